The van der Waals surface area contributed by atoms with Crippen LogP contribution in [-0.2, 0) is 18.0 Å². The van der Waals surface area contributed by atoms with Crippen molar-refractivity contribution in [1.82, 2.24) is 9.97 Å². The van der Waals surface area contributed by atoms with Gasteiger partial charge in [-0.05, 0) is 24.6 Å². The molecule has 5 nitrogen and oxygen atoms in total. The van der Waals surface area contributed by atoms with Crippen LogP contribution in [0.15, 0.2) is 36.7 Å². The zero-order chi connectivity index (χ0) is 14.2. The quantitative estimate of drug-likeness (QED) is 0.840. The summed E-state index contributed by atoms with van der Waals surface area (Å²) >= 11 is 0. The van der Waals surface area contributed by atoms with Crippen LogP contribution in [0.3, 0.4) is 0 Å². The van der Waals surface area contributed by atoms with Crippen molar-refractivity contribution < 1.29 is 9.47 Å². The Morgan fingerprint density at radius 1 is 1.05 bits per heavy atom. The summed E-state index contributed by atoms with van der Waals surface area (Å²) in [7, 11) is 1.65. The van der Waals surface area contributed by atoms with Crippen LogP contribution in [0.25, 0.3) is 0 Å². The number of hydrogen-bond donors (Lipinski definition) is 1. The maximum atomic E-state index is 5.62. The molecule has 0 amide bonds. The van der Waals surface area contributed by atoms with Crippen molar-refractivity contribution in [2.24, 2.45) is 0 Å². The van der Waals surface area contributed by atoms with Crippen molar-refractivity contribution >= 4 is 5.82 Å². The molecule has 0 saturated heterocycles. The van der Waals surface area contributed by atoms with Gasteiger partial charge in [-0.2, -0.15) is 0 Å². The van der Waals surface area contributed by atoms with E-state index in [9.17, 15) is 0 Å². The zero-order valence-electron chi connectivity index (χ0n) is 11.8. The van der Waals surface area contributed by atoms with Crippen molar-refractivity contribution in [2.45, 2.75) is 20.1 Å². The molecule has 1 aromatic heterocycles. The van der Waals surface area contributed by atoms with Crippen molar-refractivity contribution in [3.05, 3.63) is 47.9 Å². The fourth-order valence-electron chi connectivity index (χ4n) is 1.70. The summed E-state index contributed by atoms with van der Waals surface area (Å²) in [6.45, 7) is 3.85. The molecule has 106 valence electrons. The third-order valence-corrected chi connectivity index (χ3v) is 2.74. The topological polar surface area (TPSA) is 56.3 Å². The summed E-state index contributed by atoms with van der Waals surface area (Å²) in [4.78, 5) is 8.53. The molecule has 0 fully saturated rings. The number of anilines is 1. The summed E-state index contributed by atoms with van der Waals surface area (Å²) in [6, 6.07) is 7.81. The third-order valence-electron chi connectivity index (χ3n) is 2.74. The Labute approximate surface area is 119 Å². The van der Waals surface area contributed by atoms with Crippen molar-refractivity contribution in [3.63, 3.8) is 0 Å². The highest BCUT2D eigenvalue weighted by molar-refractivity contribution is 5.30. The highest BCUT2D eigenvalue weighted by Gasteiger charge is 1.99. The standard InChI is InChI=1S/C15H19N3O2/c1-3-16-15-9-17-13(8-18-15)11-20-10-12-4-6-14(19-2)7-5-12/h4-9H,3,10-11H2,1-2H3,(H,16,18). The molecule has 20 heavy (non-hydrogen) atoms. The highest BCUT2D eigenvalue weighted by atomic mass is 16.5. The van der Waals surface area contributed by atoms with E-state index < -0.39 is 0 Å². The molecule has 1 aromatic carbocycles. The Morgan fingerprint density at radius 3 is 2.45 bits per heavy atom. The number of ether oxygens (including phenoxy) is 2. The van der Waals surface area contributed by atoms with Crippen LogP contribution in [-0.4, -0.2) is 23.6 Å². The largest absolute Gasteiger partial charge is 0.497 e. The third kappa shape index (κ3) is 4.20. The van der Waals surface area contributed by atoms with Gasteiger partial charge in [-0.25, -0.2) is 4.98 Å². The van der Waals surface area contributed by atoms with Crippen LogP contribution >= 0.6 is 0 Å². The molecule has 0 spiro atoms. The van der Waals surface area contributed by atoms with E-state index in [0.717, 1.165) is 29.4 Å². The predicted molar refractivity (Wildman–Crippen MR) is 77.7 cm³/mol. The number of aromatic nitrogens is 2. The van der Waals surface area contributed by atoms with Crippen LogP contribution < -0.4 is 10.1 Å². The van der Waals surface area contributed by atoms with Crippen LogP contribution in [0.4, 0.5) is 5.82 Å². The Balaban J connectivity index is 1.79. The van der Waals surface area contributed by atoms with Gasteiger partial charge in [0, 0.05) is 6.54 Å². The first-order valence-corrected chi connectivity index (χ1v) is 6.57. The molecular weight excluding hydrogens is 254 g/mol. The van der Waals surface area contributed by atoms with E-state index >= 15 is 0 Å². The Kier molecular flexibility index (Phi) is 5.32. The molecular formula is C15H19N3O2. The number of nitrogens with one attached hydrogen (secondary N) is 1. The summed E-state index contributed by atoms with van der Waals surface area (Å²) in [6.07, 6.45) is 3.45. The number of nitrogens with zero attached hydrogens (tertiary/aromatic N) is 2. The van der Waals surface area contributed by atoms with Crippen LogP contribution in [0, 0.1) is 0 Å². The van der Waals surface area contributed by atoms with E-state index in [2.05, 4.69) is 15.3 Å². The van der Waals surface area contributed by atoms with Crippen LogP contribution in [0.1, 0.15) is 18.2 Å². The zero-order valence-corrected chi connectivity index (χ0v) is 11.8. The smallest absolute Gasteiger partial charge is 0.144 e. The lowest BCUT2D eigenvalue weighted by molar-refractivity contribution is 0.104. The molecule has 2 aromatic rings. The average Bonchev–Trinajstić information content (AvgIpc) is 2.50. The molecule has 0 radical (unpaired) electrons. The summed E-state index contributed by atoms with van der Waals surface area (Å²) in [5, 5.41) is 3.10. The lowest BCUT2D eigenvalue weighted by Gasteiger charge is -2.06. The molecule has 0 aliphatic rings. The molecule has 2 rings (SSSR count). The monoisotopic (exact) mass is 273 g/mol. The molecule has 0 saturated carbocycles. The van der Waals surface area contributed by atoms with E-state index in [-0.39, 0.29) is 0 Å². The van der Waals surface area contributed by atoms with E-state index in [0.29, 0.717) is 13.2 Å². The van der Waals surface area contributed by atoms with E-state index in [1.54, 1.807) is 19.5 Å². The SMILES string of the molecule is CCNc1cnc(COCc2ccc(OC)cc2)cn1. The van der Waals surface area contributed by atoms with Gasteiger partial charge in [-0.3, -0.25) is 4.98 Å². The number of hydrogen-bond acceptors (Lipinski definition) is 5. The molecule has 5 heteroatoms. The van der Waals surface area contributed by atoms with Gasteiger partial charge in [-0.15, -0.1) is 0 Å². The fraction of sp³-hybridized carbons (Fsp3) is 0.333. The van der Waals surface area contributed by atoms with Crippen LogP contribution in [0.5, 0.6) is 5.75 Å². The van der Waals surface area contributed by atoms with E-state index in [4.69, 9.17) is 9.47 Å². The van der Waals surface area contributed by atoms with Gasteiger partial charge in [0.15, 0.2) is 0 Å². The van der Waals surface area contributed by atoms with E-state index in [1.165, 1.54) is 0 Å². The molecule has 0 unspecified atom stereocenters. The second kappa shape index (κ2) is 7.45. The first-order valence-electron chi connectivity index (χ1n) is 6.57. The molecule has 0 atom stereocenters. The molecule has 0 aliphatic carbocycles. The second-order valence-corrected chi connectivity index (χ2v) is 4.26. The van der Waals surface area contributed by atoms with Gasteiger partial charge >= 0.3 is 0 Å². The lowest BCUT2D eigenvalue weighted by Crippen LogP contribution is -2.02. The number of methoxy groups -OCH3 is 1. The normalized spacial score (nSPS) is 10.3. The minimum Gasteiger partial charge on any atom is -0.497 e. The first-order chi connectivity index (χ1) is 9.81. The molecule has 1 heterocycles. The fourth-order valence-corrected chi connectivity index (χ4v) is 1.70. The summed E-state index contributed by atoms with van der Waals surface area (Å²) in [5.41, 5.74) is 1.92. The van der Waals surface area contributed by atoms with Gasteiger partial charge in [0.2, 0.25) is 0 Å². The Morgan fingerprint density at radius 2 is 1.85 bits per heavy atom. The molecule has 1 N–H and O–H groups in total. The van der Waals surface area contributed by atoms with Gasteiger partial charge in [0.05, 0.1) is 38.4 Å². The summed E-state index contributed by atoms with van der Waals surface area (Å²) in [5.74, 6) is 1.63. The van der Waals surface area contributed by atoms with Crippen molar-refractivity contribution in [1.29, 1.82) is 0 Å². The predicted octanol–water partition coefficient (Wildman–Crippen LogP) is 2.63. The molecule has 0 bridgehead atoms. The van der Waals surface area contributed by atoms with Gasteiger partial charge in [0.1, 0.15) is 11.6 Å². The van der Waals surface area contributed by atoms with Gasteiger partial charge in [-0.1, -0.05) is 12.1 Å². The van der Waals surface area contributed by atoms with Crippen LogP contribution in [0.2, 0.25) is 0 Å². The van der Waals surface area contributed by atoms with Gasteiger partial charge < -0.3 is 14.8 Å². The minimum atomic E-state index is 0.450. The highest BCUT2D eigenvalue weighted by Crippen LogP contribution is 2.12. The Bertz CT molecular complexity index is 512. The number of rotatable bonds is 7. The summed E-state index contributed by atoms with van der Waals surface area (Å²) < 4.78 is 10.7. The average molecular weight is 273 g/mol. The maximum Gasteiger partial charge on any atom is 0.144 e. The minimum absolute atomic E-state index is 0.450. The van der Waals surface area contributed by atoms with Crippen molar-refractivity contribution in [2.75, 3.05) is 19.0 Å². The Hall–Kier alpha value is -2.14. The second-order valence-electron chi connectivity index (χ2n) is 4.26. The first kappa shape index (κ1) is 14.3. The lowest BCUT2D eigenvalue weighted by atomic mass is 10.2. The number of benzene rings is 1. The molecule has 0 aliphatic heterocycles. The maximum absolute atomic E-state index is 5.62. The van der Waals surface area contributed by atoms with E-state index in [1.807, 2.05) is 31.2 Å². The van der Waals surface area contributed by atoms with Crippen molar-refractivity contribution in [3.8, 4) is 5.75 Å². The van der Waals surface area contributed by atoms with Gasteiger partial charge in [0.25, 0.3) is 0 Å².